The molecule has 0 fully saturated rings. The Bertz CT molecular complexity index is 720. The van der Waals surface area contributed by atoms with Crippen molar-refractivity contribution < 1.29 is 0 Å². The summed E-state index contributed by atoms with van der Waals surface area (Å²) >= 11 is 0. The van der Waals surface area contributed by atoms with Gasteiger partial charge in [-0.15, -0.1) is 5.10 Å². The Hall–Kier alpha value is -2.53. The largest absolute Gasteiger partial charge is 0.307 e. The smallest absolute Gasteiger partial charge is 0.178 e. The fraction of sp³-hybridized carbons (Fsp3) is 0.188. The van der Waals surface area contributed by atoms with E-state index in [1.54, 1.807) is 4.68 Å². The second-order valence-corrected chi connectivity index (χ2v) is 4.87. The summed E-state index contributed by atoms with van der Waals surface area (Å²) < 4.78 is 1.80. The van der Waals surface area contributed by atoms with Gasteiger partial charge in [-0.05, 0) is 41.6 Å². The van der Waals surface area contributed by atoms with Gasteiger partial charge in [0, 0.05) is 0 Å². The van der Waals surface area contributed by atoms with Gasteiger partial charge in [0.2, 0.25) is 0 Å². The first-order valence-electron chi connectivity index (χ1n) is 6.87. The van der Waals surface area contributed by atoms with Crippen molar-refractivity contribution in [2.75, 3.05) is 7.05 Å². The molecular weight excluding hydrogens is 262 g/mol. The summed E-state index contributed by atoms with van der Waals surface area (Å²) in [7, 11) is 1.91. The zero-order valence-corrected chi connectivity index (χ0v) is 12.1. The number of aryl methyl sites for hydroxylation is 1. The molecule has 1 aromatic heterocycles. The van der Waals surface area contributed by atoms with Crippen molar-refractivity contribution in [3.8, 4) is 5.69 Å². The molecule has 3 rings (SSSR count). The van der Waals surface area contributed by atoms with Crippen LogP contribution in [0.3, 0.4) is 0 Å². The molecule has 0 saturated heterocycles. The maximum absolute atomic E-state index is 4.22. The molecular formula is C16H17N5. The summed E-state index contributed by atoms with van der Waals surface area (Å²) in [5.74, 6) is 0.776. The van der Waals surface area contributed by atoms with Crippen LogP contribution in [-0.2, 0) is 0 Å². The Morgan fingerprint density at radius 3 is 2.43 bits per heavy atom. The Balaban J connectivity index is 2.08. The number of hydrogen-bond donors (Lipinski definition) is 1. The first-order chi connectivity index (χ1) is 10.3. The molecule has 5 heteroatoms. The molecule has 21 heavy (non-hydrogen) atoms. The van der Waals surface area contributed by atoms with Gasteiger partial charge in [-0.3, -0.25) is 0 Å². The fourth-order valence-corrected chi connectivity index (χ4v) is 2.44. The number of aromatic nitrogens is 4. The van der Waals surface area contributed by atoms with Crippen LogP contribution in [0.1, 0.15) is 23.0 Å². The number of nitrogens with one attached hydrogen (secondary N) is 1. The summed E-state index contributed by atoms with van der Waals surface area (Å²) in [4.78, 5) is 0. The molecule has 5 nitrogen and oxygen atoms in total. The zero-order chi connectivity index (χ0) is 14.7. The maximum atomic E-state index is 4.22. The third-order valence-electron chi connectivity index (χ3n) is 3.52. The number of rotatable bonds is 4. The summed E-state index contributed by atoms with van der Waals surface area (Å²) in [5, 5.41) is 15.5. The molecule has 0 spiro atoms. The Kier molecular flexibility index (Phi) is 3.75. The lowest BCUT2D eigenvalue weighted by atomic mass is 10.1. The highest BCUT2D eigenvalue weighted by Gasteiger charge is 2.20. The average molecular weight is 279 g/mol. The van der Waals surface area contributed by atoms with E-state index in [1.165, 1.54) is 0 Å². The third kappa shape index (κ3) is 2.55. The highest BCUT2D eigenvalue weighted by atomic mass is 15.5. The van der Waals surface area contributed by atoms with Crippen molar-refractivity contribution in [3.05, 3.63) is 71.5 Å². The highest BCUT2D eigenvalue weighted by molar-refractivity contribution is 5.40. The molecule has 0 saturated carbocycles. The number of nitrogens with zero attached hydrogens (tertiary/aromatic N) is 4. The molecule has 1 heterocycles. The number of tetrazole rings is 1. The fourth-order valence-electron chi connectivity index (χ4n) is 2.44. The van der Waals surface area contributed by atoms with Gasteiger partial charge in [0.05, 0.1) is 11.7 Å². The van der Waals surface area contributed by atoms with Gasteiger partial charge in [-0.25, -0.2) is 0 Å². The van der Waals surface area contributed by atoms with E-state index >= 15 is 0 Å². The van der Waals surface area contributed by atoms with Crippen LogP contribution in [0.5, 0.6) is 0 Å². The van der Waals surface area contributed by atoms with E-state index in [0.29, 0.717) is 0 Å². The van der Waals surface area contributed by atoms with Crippen molar-refractivity contribution >= 4 is 0 Å². The van der Waals surface area contributed by atoms with Crippen LogP contribution in [0.2, 0.25) is 0 Å². The van der Waals surface area contributed by atoms with Crippen LogP contribution in [0, 0.1) is 6.92 Å². The quantitative estimate of drug-likeness (QED) is 0.796. The lowest BCUT2D eigenvalue weighted by Crippen LogP contribution is -2.22. The monoisotopic (exact) mass is 279 g/mol. The van der Waals surface area contributed by atoms with Crippen LogP contribution in [0.4, 0.5) is 0 Å². The topological polar surface area (TPSA) is 55.6 Å². The van der Waals surface area contributed by atoms with Gasteiger partial charge in [0.1, 0.15) is 0 Å². The van der Waals surface area contributed by atoms with Crippen molar-refractivity contribution in [2.45, 2.75) is 13.0 Å². The predicted octanol–water partition coefficient (Wildman–Crippen LogP) is 2.28. The zero-order valence-electron chi connectivity index (χ0n) is 12.1. The Morgan fingerprint density at radius 1 is 1.00 bits per heavy atom. The lowest BCUT2D eigenvalue weighted by molar-refractivity contribution is 0.620. The van der Waals surface area contributed by atoms with E-state index in [2.05, 4.69) is 46.0 Å². The minimum Gasteiger partial charge on any atom is -0.307 e. The van der Waals surface area contributed by atoms with E-state index in [4.69, 9.17) is 0 Å². The van der Waals surface area contributed by atoms with Gasteiger partial charge in [-0.2, -0.15) is 4.68 Å². The van der Waals surface area contributed by atoms with Crippen LogP contribution in [0.25, 0.3) is 5.69 Å². The van der Waals surface area contributed by atoms with Crippen LogP contribution >= 0.6 is 0 Å². The standard InChI is InChI=1S/C16H17N5/c1-12-8-6-7-11-14(12)21-16(18-19-20-21)15(17-2)13-9-4-3-5-10-13/h3-11,15,17H,1-2H3. The molecule has 2 aromatic carbocycles. The summed E-state index contributed by atoms with van der Waals surface area (Å²) in [6, 6.07) is 18.2. The molecule has 0 bridgehead atoms. The van der Waals surface area contributed by atoms with Crippen LogP contribution in [0.15, 0.2) is 54.6 Å². The van der Waals surface area contributed by atoms with Crippen molar-refractivity contribution in [1.82, 2.24) is 25.5 Å². The summed E-state index contributed by atoms with van der Waals surface area (Å²) in [6.45, 7) is 2.05. The maximum Gasteiger partial charge on any atom is 0.178 e. The van der Waals surface area contributed by atoms with E-state index in [1.807, 2.05) is 43.4 Å². The number of benzene rings is 2. The molecule has 0 aliphatic rings. The van der Waals surface area contributed by atoms with E-state index < -0.39 is 0 Å². The van der Waals surface area contributed by atoms with Gasteiger partial charge in [0.25, 0.3) is 0 Å². The number of para-hydroxylation sites is 1. The van der Waals surface area contributed by atoms with Crippen molar-refractivity contribution in [3.63, 3.8) is 0 Å². The minimum absolute atomic E-state index is 0.0548. The minimum atomic E-state index is -0.0548. The van der Waals surface area contributed by atoms with Gasteiger partial charge in [-0.1, -0.05) is 48.5 Å². The Labute approximate surface area is 123 Å². The summed E-state index contributed by atoms with van der Waals surface area (Å²) in [5.41, 5.74) is 3.26. The molecule has 0 aliphatic heterocycles. The van der Waals surface area contributed by atoms with Crippen LogP contribution in [-0.4, -0.2) is 27.3 Å². The van der Waals surface area contributed by atoms with Crippen molar-refractivity contribution in [1.29, 1.82) is 0 Å². The molecule has 1 atom stereocenters. The first kappa shape index (κ1) is 13.5. The Morgan fingerprint density at radius 2 is 1.71 bits per heavy atom. The van der Waals surface area contributed by atoms with E-state index in [0.717, 1.165) is 22.6 Å². The first-order valence-corrected chi connectivity index (χ1v) is 6.87. The van der Waals surface area contributed by atoms with Crippen molar-refractivity contribution in [2.24, 2.45) is 0 Å². The predicted molar refractivity (Wildman–Crippen MR) is 81.2 cm³/mol. The molecule has 1 unspecified atom stereocenters. The van der Waals surface area contributed by atoms with Gasteiger partial charge < -0.3 is 5.32 Å². The van der Waals surface area contributed by atoms with E-state index in [9.17, 15) is 0 Å². The molecule has 1 N–H and O–H groups in total. The number of hydrogen-bond acceptors (Lipinski definition) is 4. The SMILES string of the molecule is CNC(c1ccccc1)c1nnnn1-c1ccccc1C. The molecule has 106 valence electrons. The summed E-state index contributed by atoms with van der Waals surface area (Å²) in [6.07, 6.45) is 0. The molecule has 0 aliphatic carbocycles. The molecule has 0 amide bonds. The normalized spacial score (nSPS) is 12.3. The molecule has 3 aromatic rings. The average Bonchev–Trinajstić information content (AvgIpc) is 2.99. The van der Waals surface area contributed by atoms with Gasteiger partial charge >= 0.3 is 0 Å². The third-order valence-corrected chi connectivity index (χ3v) is 3.52. The second-order valence-electron chi connectivity index (χ2n) is 4.87. The van der Waals surface area contributed by atoms with Gasteiger partial charge in [0.15, 0.2) is 5.82 Å². The second kappa shape index (κ2) is 5.85. The lowest BCUT2D eigenvalue weighted by Gasteiger charge is -2.16. The molecule has 0 radical (unpaired) electrons. The van der Waals surface area contributed by atoms with Crippen LogP contribution < -0.4 is 5.32 Å². The van der Waals surface area contributed by atoms with E-state index in [-0.39, 0.29) is 6.04 Å². The highest BCUT2D eigenvalue weighted by Crippen LogP contribution is 2.22.